The van der Waals surface area contributed by atoms with Crippen molar-refractivity contribution in [3.05, 3.63) is 71.4 Å². The molecule has 1 unspecified atom stereocenters. The van der Waals surface area contributed by atoms with Crippen molar-refractivity contribution in [1.82, 2.24) is 9.71 Å². The minimum Gasteiger partial charge on any atom is -0.494 e. The molecule has 31 heavy (non-hydrogen) atoms. The van der Waals surface area contributed by atoms with E-state index in [1.807, 2.05) is 13.8 Å². The van der Waals surface area contributed by atoms with Crippen LogP contribution in [0.3, 0.4) is 0 Å². The second-order valence-corrected chi connectivity index (χ2v) is 11.9. The van der Waals surface area contributed by atoms with Crippen LogP contribution in [0.1, 0.15) is 29.5 Å². The van der Waals surface area contributed by atoms with Gasteiger partial charge in [-0.1, -0.05) is 13.0 Å². The lowest BCUT2D eigenvalue weighted by Crippen LogP contribution is -2.31. The summed E-state index contributed by atoms with van der Waals surface area (Å²) in [6.07, 6.45) is 3.70. The Hall–Kier alpha value is -2.27. The van der Waals surface area contributed by atoms with Crippen LogP contribution in [0, 0.1) is 0 Å². The second kappa shape index (κ2) is 9.90. The number of sulfone groups is 1. The average molecular weight is 481 g/mol. The first-order valence-electron chi connectivity index (χ1n) is 9.73. The lowest BCUT2D eigenvalue weighted by atomic mass is 10.2. The molecule has 0 spiro atoms. The molecule has 0 bridgehead atoms. The molecule has 0 aliphatic heterocycles. The van der Waals surface area contributed by atoms with Crippen LogP contribution in [0.5, 0.6) is 5.75 Å². The molecule has 1 aromatic carbocycles. The Labute approximate surface area is 187 Å². The topological polar surface area (TPSA) is 102 Å². The Balaban J connectivity index is 1.91. The van der Waals surface area contributed by atoms with Gasteiger partial charge in [-0.15, -0.1) is 11.3 Å². The molecule has 0 fully saturated rings. The van der Waals surface area contributed by atoms with E-state index >= 15 is 0 Å². The molecule has 0 amide bonds. The first-order valence-corrected chi connectivity index (χ1v) is 13.6. The fraction of sp³-hybridized carbons (Fsp3) is 0.286. The maximum atomic E-state index is 13.4. The predicted molar refractivity (Wildman–Crippen MR) is 121 cm³/mol. The van der Waals surface area contributed by atoms with Crippen LogP contribution >= 0.6 is 11.3 Å². The van der Waals surface area contributed by atoms with Gasteiger partial charge in [0.25, 0.3) is 0 Å². The molecule has 1 N–H and O–H groups in total. The normalized spacial score (nSPS) is 13.1. The zero-order chi connectivity index (χ0) is 22.5. The van der Waals surface area contributed by atoms with Crippen molar-refractivity contribution >= 4 is 31.2 Å². The summed E-state index contributed by atoms with van der Waals surface area (Å²) in [5.41, 5.74) is 0.402. The molecule has 0 radical (unpaired) electrons. The molecule has 10 heteroatoms. The first-order chi connectivity index (χ1) is 14.8. The van der Waals surface area contributed by atoms with E-state index in [0.717, 1.165) is 11.3 Å². The largest absolute Gasteiger partial charge is 0.494 e. The smallest absolute Gasteiger partial charge is 0.250 e. The number of ether oxygens (including phenoxy) is 1. The number of rotatable bonds is 10. The fourth-order valence-electron chi connectivity index (χ4n) is 2.98. The number of aromatic nitrogens is 1. The molecule has 166 valence electrons. The summed E-state index contributed by atoms with van der Waals surface area (Å²) in [7, 11) is -7.75. The van der Waals surface area contributed by atoms with Crippen molar-refractivity contribution in [2.45, 2.75) is 34.6 Å². The lowest BCUT2D eigenvalue weighted by molar-refractivity contribution is 0.340. The van der Waals surface area contributed by atoms with Gasteiger partial charge in [0.1, 0.15) is 15.2 Å². The monoisotopic (exact) mass is 480 g/mol. The van der Waals surface area contributed by atoms with Crippen molar-refractivity contribution in [3.63, 3.8) is 0 Å². The Bertz CT molecular complexity index is 1210. The van der Waals surface area contributed by atoms with E-state index in [1.54, 1.807) is 30.3 Å². The number of thiophene rings is 1. The Morgan fingerprint density at radius 1 is 1.03 bits per heavy atom. The standard InChI is InChI=1S/C21H24N2O5S3/c1-3-18-9-12-21(29-18)31(26,27)23-15-20(16-6-5-13-22-14-16)30(24,25)19-10-7-17(8-11-19)28-4-2/h5-14,20,23H,3-4,15H2,1-2H3. The number of pyridine rings is 1. The lowest BCUT2D eigenvalue weighted by Gasteiger charge is -2.19. The van der Waals surface area contributed by atoms with Crippen LogP contribution < -0.4 is 9.46 Å². The summed E-state index contributed by atoms with van der Waals surface area (Å²) < 4.78 is 60.3. The summed E-state index contributed by atoms with van der Waals surface area (Å²) in [6.45, 7) is 3.93. The van der Waals surface area contributed by atoms with Gasteiger partial charge in [0, 0.05) is 23.8 Å². The minimum absolute atomic E-state index is 0.0772. The maximum Gasteiger partial charge on any atom is 0.250 e. The van der Waals surface area contributed by atoms with Crippen LogP contribution in [0.15, 0.2) is 70.0 Å². The van der Waals surface area contributed by atoms with Gasteiger partial charge in [0.2, 0.25) is 10.0 Å². The number of hydrogen-bond donors (Lipinski definition) is 1. The SMILES string of the molecule is CCOc1ccc(S(=O)(=O)C(CNS(=O)(=O)c2ccc(CC)s2)c2cccnc2)cc1. The zero-order valence-electron chi connectivity index (χ0n) is 17.2. The first kappa shape index (κ1) is 23.4. The van der Waals surface area contributed by atoms with Crippen LogP contribution in [0.2, 0.25) is 0 Å². The van der Waals surface area contributed by atoms with E-state index in [4.69, 9.17) is 4.74 Å². The van der Waals surface area contributed by atoms with Gasteiger partial charge in [0.05, 0.1) is 11.5 Å². The van der Waals surface area contributed by atoms with E-state index in [2.05, 4.69) is 9.71 Å². The van der Waals surface area contributed by atoms with Crippen LogP contribution in [-0.2, 0) is 26.3 Å². The van der Waals surface area contributed by atoms with E-state index in [9.17, 15) is 16.8 Å². The van der Waals surface area contributed by atoms with Gasteiger partial charge in [-0.2, -0.15) is 0 Å². The van der Waals surface area contributed by atoms with Gasteiger partial charge < -0.3 is 4.74 Å². The molecule has 3 rings (SSSR count). The maximum absolute atomic E-state index is 13.4. The van der Waals surface area contributed by atoms with Gasteiger partial charge in [-0.3, -0.25) is 4.98 Å². The summed E-state index contributed by atoms with van der Waals surface area (Å²) in [6, 6.07) is 12.6. The van der Waals surface area contributed by atoms with E-state index in [0.29, 0.717) is 17.9 Å². The molecule has 7 nitrogen and oxygen atoms in total. The van der Waals surface area contributed by atoms with Crippen molar-refractivity contribution in [1.29, 1.82) is 0 Å². The molecular weight excluding hydrogens is 456 g/mol. The van der Waals surface area contributed by atoms with Crippen molar-refractivity contribution in [3.8, 4) is 5.75 Å². The summed E-state index contributed by atoms with van der Waals surface area (Å²) in [5, 5.41) is -1.14. The average Bonchev–Trinajstić information content (AvgIpc) is 3.25. The highest BCUT2D eigenvalue weighted by Gasteiger charge is 2.31. The quantitative estimate of drug-likeness (QED) is 0.476. The molecular formula is C21H24N2O5S3. The minimum atomic E-state index is -3.91. The summed E-state index contributed by atoms with van der Waals surface area (Å²) >= 11 is 1.17. The van der Waals surface area contributed by atoms with Crippen molar-refractivity contribution in [2.75, 3.05) is 13.2 Å². The highest BCUT2D eigenvalue weighted by Crippen LogP contribution is 2.30. The second-order valence-electron chi connectivity index (χ2n) is 6.65. The predicted octanol–water partition coefficient (Wildman–Crippen LogP) is 3.60. The van der Waals surface area contributed by atoms with Gasteiger partial charge in [-0.25, -0.2) is 21.6 Å². The van der Waals surface area contributed by atoms with E-state index < -0.39 is 25.1 Å². The third kappa shape index (κ3) is 5.51. The van der Waals surface area contributed by atoms with Gasteiger partial charge >= 0.3 is 0 Å². The van der Waals surface area contributed by atoms with E-state index in [-0.39, 0.29) is 15.6 Å². The molecule has 0 aliphatic carbocycles. The van der Waals surface area contributed by atoms with Crippen LogP contribution in [0.25, 0.3) is 0 Å². The molecule has 2 aromatic heterocycles. The van der Waals surface area contributed by atoms with Crippen LogP contribution in [0.4, 0.5) is 0 Å². The Morgan fingerprint density at radius 3 is 2.35 bits per heavy atom. The molecule has 0 aliphatic rings. The third-order valence-electron chi connectivity index (χ3n) is 4.60. The van der Waals surface area contributed by atoms with E-state index in [1.165, 1.54) is 41.9 Å². The van der Waals surface area contributed by atoms with Crippen molar-refractivity contribution < 1.29 is 21.6 Å². The number of nitrogens with one attached hydrogen (secondary N) is 1. The fourth-order valence-corrected chi connectivity index (χ4v) is 7.12. The Kier molecular flexibility index (Phi) is 7.47. The zero-order valence-corrected chi connectivity index (χ0v) is 19.6. The number of aryl methyl sites for hydroxylation is 1. The van der Waals surface area contributed by atoms with Crippen molar-refractivity contribution in [2.24, 2.45) is 0 Å². The number of sulfonamides is 1. The van der Waals surface area contributed by atoms with Crippen LogP contribution in [-0.4, -0.2) is 35.0 Å². The highest BCUT2D eigenvalue weighted by atomic mass is 32.2. The summed E-state index contributed by atoms with van der Waals surface area (Å²) in [5.74, 6) is 0.560. The van der Waals surface area contributed by atoms with Gasteiger partial charge in [-0.05, 0) is 61.4 Å². The third-order valence-corrected chi connectivity index (χ3v) is 9.87. The van der Waals surface area contributed by atoms with Gasteiger partial charge in [0.15, 0.2) is 9.84 Å². The number of hydrogen-bond acceptors (Lipinski definition) is 7. The molecule has 0 saturated carbocycles. The molecule has 2 heterocycles. The molecule has 1 atom stereocenters. The molecule has 3 aromatic rings. The number of nitrogens with zero attached hydrogens (tertiary/aromatic N) is 1. The highest BCUT2D eigenvalue weighted by molar-refractivity contribution is 7.92. The number of benzene rings is 1. The summed E-state index contributed by atoms with van der Waals surface area (Å²) in [4.78, 5) is 5.02. The molecule has 0 saturated heterocycles. The Morgan fingerprint density at radius 2 is 1.77 bits per heavy atom.